The first-order valence-corrected chi connectivity index (χ1v) is 5.12. The number of hydrogen-bond donors (Lipinski definition) is 1. The van der Waals surface area contributed by atoms with Crippen LogP contribution in [0.2, 0.25) is 10.0 Å². The van der Waals surface area contributed by atoms with Gasteiger partial charge in [0.2, 0.25) is 6.43 Å². The molecule has 16 heavy (non-hydrogen) atoms. The average Bonchev–Trinajstić information content (AvgIpc) is 2.14. The molecule has 1 atom stereocenters. The Bertz CT molecular complexity index is 396. The molecule has 0 aliphatic rings. The molecule has 1 unspecified atom stereocenters. The topological polar surface area (TPSA) is 37.3 Å². The van der Waals surface area contributed by atoms with Crippen LogP contribution >= 0.6 is 23.2 Å². The molecule has 0 radical (unpaired) electrons. The number of hydrogen-bond acceptors (Lipinski definition) is 1. The molecule has 0 amide bonds. The fraction of sp³-hybridized carbons (Fsp3) is 0.300. The van der Waals surface area contributed by atoms with E-state index in [2.05, 4.69) is 0 Å². The lowest BCUT2D eigenvalue weighted by atomic mass is 9.96. The first kappa shape index (κ1) is 13.2. The Labute approximate surface area is 101 Å². The Balaban J connectivity index is 3.05. The van der Waals surface area contributed by atoms with Crippen LogP contribution in [0.15, 0.2) is 18.2 Å². The van der Waals surface area contributed by atoms with Crippen LogP contribution in [0, 0.1) is 0 Å². The van der Waals surface area contributed by atoms with Crippen LogP contribution in [-0.4, -0.2) is 17.5 Å². The molecule has 0 saturated carbocycles. The maximum Gasteiger partial charge on any atom is 0.304 e. The summed E-state index contributed by atoms with van der Waals surface area (Å²) in [6.07, 6.45) is -3.45. The standard InChI is InChI=1S/C10H8Cl2F2O2/c11-5-1-2-6(8(12)3-5)7(10(13)14)4-9(15)16/h1-3,7,10H,4H2,(H,15,16). The van der Waals surface area contributed by atoms with Gasteiger partial charge in [0.1, 0.15) is 0 Å². The summed E-state index contributed by atoms with van der Waals surface area (Å²) in [5, 5.41) is 8.91. The van der Waals surface area contributed by atoms with Gasteiger partial charge in [-0.25, -0.2) is 8.78 Å². The van der Waals surface area contributed by atoms with Crippen LogP contribution in [0.3, 0.4) is 0 Å². The van der Waals surface area contributed by atoms with Gasteiger partial charge in [-0.05, 0) is 17.7 Å². The van der Waals surface area contributed by atoms with Crippen molar-refractivity contribution in [3.05, 3.63) is 33.8 Å². The summed E-state index contributed by atoms with van der Waals surface area (Å²) in [5.74, 6) is -2.71. The van der Waals surface area contributed by atoms with Crippen molar-refractivity contribution in [2.24, 2.45) is 0 Å². The monoisotopic (exact) mass is 268 g/mol. The average molecular weight is 269 g/mol. The molecule has 2 nitrogen and oxygen atoms in total. The minimum atomic E-state index is -2.78. The van der Waals surface area contributed by atoms with Gasteiger partial charge in [0.05, 0.1) is 12.3 Å². The zero-order chi connectivity index (χ0) is 12.3. The number of benzene rings is 1. The summed E-state index contributed by atoms with van der Waals surface area (Å²) < 4.78 is 25.3. The maximum absolute atomic E-state index is 12.7. The first-order chi connectivity index (χ1) is 7.41. The molecule has 0 spiro atoms. The highest BCUT2D eigenvalue weighted by Crippen LogP contribution is 2.33. The molecule has 1 N–H and O–H groups in total. The number of carboxylic acid groups (broad SMARTS) is 1. The van der Waals surface area contributed by atoms with E-state index < -0.39 is 24.7 Å². The Morgan fingerprint density at radius 3 is 2.44 bits per heavy atom. The molecule has 0 aromatic heterocycles. The van der Waals surface area contributed by atoms with Gasteiger partial charge in [-0.15, -0.1) is 0 Å². The highest BCUT2D eigenvalue weighted by Gasteiger charge is 2.27. The largest absolute Gasteiger partial charge is 0.481 e. The Morgan fingerprint density at radius 2 is 2.00 bits per heavy atom. The van der Waals surface area contributed by atoms with Crippen LogP contribution in [-0.2, 0) is 4.79 Å². The van der Waals surface area contributed by atoms with Gasteiger partial charge in [0.25, 0.3) is 0 Å². The van der Waals surface area contributed by atoms with E-state index in [1.165, 1.54) is 18.2 Å². The normalized spacial score (nSPS) is 12.8. The third-order valence-corrected chi connectivity index (χ3v) is 2.62. The molecule has 0 saturated heterocycles. The fourth-order valence-electron chi connectivity index (χ4n) is 1.33. The Hall–Kier alpha value is -0.870. The van der Waals surface area contributed by atoms with E-state index >= 15 is 0 Å². The molecule has 0 bridgehead atoms. The third-order valence-electron chi connectivity index (χ3n) is 2.06. The molecule has 0 heterocycles. The SMILES string of the molecule is O=C(O)CC(c1ccc(Cl)cc1Cl)C(F)F. The van der Waals surface area contributed by atoms with Crippen molar-refractivity contribution in [3.8, 4) is 0 Å². The van der Waals surface area contributed by atoms with Crippen molar-refractivity contribution in [1.29, 1.82) is 0 Å². The van der Waals surface area contributed by atoms with Gasteiger partial charge in [-0.2, -0.15) is 0 Å². The smallest absolute Gasteiger partial charge is 0.304 e. The molecular weight excluding hydrogens is 261 g/mol. The van der Waals surface area contributed by atoms with E-state index in [0.717, 1.165) is 0 Å². The molecular formula is C10H8Cl2F2O2. The van der Waals surface area contributed by atoms with Crippen LogP contribution in [0.1, 0.15) is 17.9 Å². The Kier molecular flexibility index (Phi) is 4.50. The molecule has 6 heteroatoms. The van der Waals surface area contributed by atoms with Crippen molar-refractivity contribution in [2.45, 2.75) is 18.8 Å². The van der Waals surface area contributed by atoms with Crippen LogP contribution in [0.5, 0.6) is 0 Å². The quantitative estimate of drug-likeness (QED) is 0.902. The number of carboxylic acids is 1. The second-order valence-corrected chi connectivity index (χ2v) is 4.05. The maximum atomic E-state index is 12.7. The van der Waals surface area contributed by atoms with E-state index in [1.807, 2.05) is 0 Å². The molecule has 1 aromatic rings. The van der Waals surface area contributed by atoms with Gasteiger partial charge in [-0.1, -0.05) is 29.3 Å². The van der Waals surface area contributed by atoms with Crippen LogP contribution < -0.4 is 0 Å². The molecule has 88 valence electrons. The predicted molar refractivity (Wildman–Crippen MR) is 57.5 cm³/mol. The van der Waals surface area contributed by atoms with E-state index in [4.69, 9.17) is 28.3 Å². The second kappa shape index (κ2) is 5.46. The van der Waals surface area contributed by atoms with E-state index in [9.17, 15) is 13.6 Å². The minimum Gasteiger partial charge on any atom is -0.481 e. The lowest BCUT2D eigenvalue weighted by Crippen LogP contribution is -2.14. The van der Waals surface area contributed by atoms with Crippen molar-refractivity contribution < 1.29 is 18.7 Å². The highest BCUT2D eigenvalue weighted by molar-refractivity contribution is 6.35. The van der Waals surface area contributed by atoms with E-state index in [0.29, 0.717) is 5.02 Å². The van der Waals surface area contributed by atoms with Crippen LogP contribution in [0.4, 0.5) is 8.78 Å². The molecule has 0 aliphatic heterocycles. The zero-order valence-corrected chi connectivity index (χ0v) is 9.47. The molecule has 0 aliphatic carbocycles. The lowest BCUT2D eigenvalue weighted by Gasteiger charge is -2.15. The fourth-order valence-corrected chi connectivity index (χ4v) is 1.87. The number of halogens is 4. The summed E-state index contributed by atoms with van der Waals surface area (Å²) >= 11 is 11.4. The molecule has 1 aromatic carbocycles. The minimum absolute atomic E-state index is 0.0547. The third kappa shape index (κ3) is 3.32. The van der Waals surface area contributed by atoms with Gasteiger partial charge < -0.3 is 5.11 Å². The molecule has 0 fully saturated rings. The van der Waals surface area contributed by atoms with Crippen molar-refractivity contribution in [1.82, 2.24) is 0 Å². The predicted octanol–water partition coefficient (Wildman–Crippen LogP) is 3.82. The van der Waals surface area contributed by atoms with Gasteiger partial charge in [-0.3, -0.25) is 4.79 Å². The van der Waals surface area contributed by atoms with Crippen molar-refractivity contribution >= 4 is 29.2 Å². The summed E-state index contributed by atoms with van der Waals surface area (Å²) in [6.45, 7) is 0. The number of aliphatic carboxylic acids is 1. The number of carbonyl (C=O) groups is 1. The van der Waals surface area contributed by atoms with Gasteiger partial charge >= 0.3 is 5.97 Å². The summed E-state index contributed by atoms with van der Waals surface area (Å²) in [4.78, 5) is 10.5. The zero-order valence-electron chi connectivity index (χ0n) is 7.96. The summed E-state index contributed by atoms with van der Waals surface area (Å²) in [7, 11) is 0. The van der Waals surface area contributed by atoms with Crippen molar-refractivity contribution in [3.63, 3.8) is 0 Å². The summed E-state index contributed by atoms with van der Waals surface area (Å²) in [6, 6.07) is 4.04. The first-order valence-electron chi connectivity index (χ1n) is 4.36. The van der Waals surface area contributed by atoms with Gasteiger partial charge in [0.15, 0.2) is 0 Å². The molecule has 1 rings (SSSR count). The number of alkyl halides is 2. The van der Waals surface area contributed by atoms with E-state index in [1.54, 1.807) is 0 Å². The number of rotatable bonds is 4. The van der Waals surface area contributed by atoms with E-state index in [-0.39, 0.29) is 10.6 Å². The van der Waals surface area contributed by atoms with Crippen molar-refractivity contribution in [2.75, 3.05) is 0 Å². The Morgan fingerprint density at radius 1 is 1.38 bits per heavy atom. The summed E-state index contributed by atoms with van der Waals surface area (Å²) in [5.41, 5.74) is 0.100. The lowest BCUT2D eigenvalue weighted by molar-refractivity contribution is -0.138. The van der Waals surface area contributed by atoms with Crippen LogP contribution in [0.25, 0.3) is 0 Å². The second-order valence-electron chi connectivity index (χ2n) is 3.20. The van der Waals surface area contributed by atoms with Gasteiger partial charge in [0, 0.05) is 10.0 Å². The highest BCUT2D eigenvalue weighted by atomic mass is 35.5.